The van der Waals surface area contributed by atoms with Crippen LogP contribution in [0.15, 0.2) is 18.2 Å². The molecule has 0 fully saturated rings. The van der Waals surface area contributed by atoms with E-state index in [4.69, 9.17) is 0 Å². The van der Waals surface area contributed by atoms with E-state index < -0.39 is 4.92 Å². The van der Waals surface area contributed by atoms with Crippen molar-refractivity contribution in [2.75, 3.05) is 5.32 Å². The van der Waals surface area contributed by atoms with Crippen molar-refractivity contribution < 1.29 is 4.92 Å². The fraction of sp³-hybridized carbons (Fsp3) is 0.357. The number of imidazole rings is 1. The van der Waals surface area contributed by atoms with Gasteiger partial charge in [0.05, 0.1) is 0 Å². The average Bonchev–Trinajstić information content (AvgIpc) is 3.02. The second-order valence-corrected chi connectivity index (χ2v) is 5.21. The van der Waals surface area contributed by atoms with Crippen LogP contribution in [0.1, 0.15) is 22.5 Å². The number of benzene rings is 1. The van der Waals surface area contributed by atoms with Crippen molar-refractivity contribution in [3.63, 3.8) is 0 Å². The van der Waals surface area contributed by atoms with Crippen LogP contribution in [0.4, 0.5) is 11.6 Å². The predicted octanol–water partition coefficient (Wildman–Crippen LogP) is 1.85. The fourth-order valence-corrected chi connectivity index (χ4v) is 2.56. The lowest BCUT2D eigenvalue weighted by atomic mass is 10.1. The van der Waals surface area contributed by atoms with Crippen molar-refractivity contribution in [3.05, 3.63) is 50.8 Å². The van der Waals surface area contributed by atoms with Crippen LogP contribution in [-0.2, 0) is 26.7 Å². The number of hydrogen-bond acceptors (Lipinski definition) is 5. The Bertz CT molecular complexity index is 708. The lowest BCUT2D eigenvalue weighted by Crippen LogP contribution is -2.06. The molecule has 0 amide bonds. The van der Waals surface area contributed by atoms with Gasteiger partial charge in [0, 0.05) is 33.6 Å². The van der Waals surface area contributed by atoms with Crippen LogP contribution in [0, 0.1) is 17.0 Å². The van der Waals surface area contributed by atoms with E-state index in [-0.39, 0.29) is 5.82 Å². The molecule has 2 heterocycles. The van der Waals surface area contributed by atoms with Gasteiger partial charge in [-0.3, -0.25) is 4.57 Å². The molecule has 3 rings (SSSR count). The molecular formula is C14H17N5O2. The van der Waals surface area contributed by atoms with Gasteiger partial charge in [0.25, 0.3) is 0 Å². The Morgan fingerprint density at radius 1 is 1.43 bits per heavy atom. The highest BCUT2D eigenvalue weighted by Gasteiger charge is 2.23. The summed E-state index contributed by atoms with van der Waals surface area (Å²) in [4.78, 5) is 14.5. The largest absolute Gasteiger partial charge is 0.406 e. The second-order valence-electron chi connectivity index (χ2n) is 5.21. The topological polar surface area (TPSA) is 85.0 Å². The summed E-state index contributed by atoms with van der Waals surface area (Å²) in [7, 11) is 1.77. The third-order valence-corrected chi connectivity index (χ3v) is 3.83. The van der Waals surface area contributed by atoms with Crippen molar-refractivity contribution in [3.8, 4) is 0 Å². The quantitative estimate of drug-likeness (QED) is 0.662. The monoisotopic (exact) mass is 287 g/mol. The molecule has 0 saturated carbocycles. The molecule has 1 aromatic heterocycles. The van der Waals surface area contributed by atoms with Crippen molar-refractivity contribution in [2.24, 2.45) is 7.05 Å². The molecule has 7 heteroatoms. The highest BCUT2D eigenvalue weighted by molar-refractivity contribution is 5.54. The van der Waals surface area contributed by atoms with E-state index in [0.717, 1.165) is 18.7 Å². The highest BCUT2D eigenvalue weighted by atomic mass is 16.6. The van der Waals surface area contributed by atoms with Gasteiger partial charge in [-0.05, 0) is 26.6 Å². The van der Waals surface area contributed by atoms with E-state index in [9.17, 15) is 10.1 Å². The first-order valence-electron chi connectivity index (χ1n) is 6.79. The Kier molecular flexibility index (Phi) is 3.34. The molecule has 7 nitrogen and oxygen atoms in total. The minimum atomic E-state index is -0.456. The van der Waals surface area contributed by atoms with Crippen molar-refractivity contribution in [2.45, 2.75) is 26.6 Å². The van der Waals surface area contributed by atoms with E-state index in [1.807, 2.05) is 6.07 Å². The second kappa shape index (κ2) is 5.17. The maximum absolute atomic E-state index is 11.0. The summed E-state index contributed by atoms with van der Waals surface area (Å²) < 4.78 is 1.70. The van der Waals surface area contributed by atoms with Gasteiger partial charge in [0.1, 0.15) is 0 Å². The van der Waals surface area contributed by atoms with Crippen LogP contribution < -0.4 is 10.6 Å². The maximum atomic E-state index is 11.0. The molecule has 1 aliphatic heterocycles. The molecule has 0 spiro atoms. The number of nitrogens with one attached hydrogen (secondary N) is 2. The zero-order valence-electron chi connectivity index (χ0n) is 12.0. The average molecular weight is 287 g/mol. The summed E-state index contributed by atoms with van der Waals surface area (Å²) >= 11 is 0. The number of fused-ring (bicyclic) bond motifs is 1. The lowest BCUT2D eigenvalue weighted by Gasteiger charge is -2.08. The van der Waals surface area contributed by atoms with Crippen molar-refractivity contribution in [1.82, 2.24) is 14.9 Å². The van der Waals surface area contributed by atoms with E-state index in [0.29, 0.717) is 18.2 Å². The number of aromatic nitrogens is 2. The van der Waals surface area contributed by atoms with Gasteiger partial charge in [-0.2, -0.15) is 0 Å². The van der Waals surface area contributed by atoms with Crippen molar-refractivity contribution >= 4 is 11.6 Å². The molecule has 0 aliphatic carbocycles. The number of nitrogens with zero attached hydrogens (tertiary/aromatic N) is 3. The maximum Gasteiger partial charge on any atom is 0.406 e. The third-order valence-electron chi connectivity index (χ3n) is 3.83. The Morgan fingerprint density at radius 3 is 2.95 bits per heavy atom. The number of nitro groups is 1. The summed E-state index contributed by atoms with van der Waals surface area (Å²) in [6.07, 6.45) is 0. The lowest BCUT2D eigenvalue weighted by molar-refractivity contribution is -0.388. The van der Waals surface area contributed by atoms with Gasteiger partial charge in [-0.1, -0.05) is 18.2 Å². The molecule has 21 heavy (non-hydrogen) atoms. The molecule has 1 aromatic carbocycles. The van der Waals surface area contributed by atoms with Crippen LogP contribution in [0.25, 0.3) is 0 Å². The first kappa shape index (κ1) is 13.6. The molecule has 0 atom stereocenters. The van der Waals surface area contributed by atoms with Gasteiger partial charge in [0.15, 0.2) is 0 Å². The summed E-state index contributed by atoms with van der Waals surface area (Å²) in [6, 6.07) is 6.29. The Morgan fingerprint density at radius 2 is 2.19 bits per heavy atom. The third kappa shape index (κ3) is 2.47. The Labute approximate surface area is 122 Å². The molecule has 2 aromatic rings. The minimum Gasteiger partial charge on any atom is -0.360 e. The molecule has 0 unspecified atom stereocenters. The summed E-state index contributed by atoms with van der Waals surface area (Å²) in [5.74, 6) is 0.927. The SMILES string of the molecule is Cc1nc([N+](=O)[O-])c(NCc2ccc3c(c2)CNC3)n1C. The Hall–Kier alpha value is -2.41. The summed E-state index contributed by atoms with van der Waals surface area (Å²) in [5, 5.41) is 17.5. The molecular weight excluding hydrogens is 270 g/mol. The van der Waals surface area contributed by atoms with E-state index in [2.05, 4.69) is 27.8 Å². The van der Waals surface area contributed by atoms with Gasteiger partial charge in [-0.15, -0.1) is 0 Å². The van der Waals surface area contributed by atoms with Crippen LogP contribution >= 0.6 is 0 Å². The zero-order chi connectivity index (χ0) is 15.0. The minimum absolute atomic E-state index is 0.127. The number of rotatable bonds is 4. The molecule has 1 aliphatic rings. The molecule has 0 saturated heterocycles. The van der Waals surface area contributed by atoms with Crippen LogP contribution in [-0.4, -0.2) is 14.5 Å². The smallest absolute Gasteiger partial charge is 0.360 e. The van der Waals surface area contributed by atoms with E-state index in [1.165, 1.54) is 11.1 Å². The predicted molar refractivity (Wildman–Crippen MR) is 78.9 cm³/mol. The van der Waals surface area contributed by atoms with Gasteiger partial charge in [-0.25, -0.2) is 0 Å². The van der Waals surface area contributed by atoms with Crippen molar-refractivity contribution in [1.29, 1.82) is 0 Å². The fourth-order valence-electron chi connectivity index (χ4n) is 2.56. The number of aryl methyl sites for hydroxylation is 1. The van der Waals surface area contributed by atoms with Gasteiger partial charge >= 0.3 is 5.82 Å². The number of anilines is 1. The molecule has 110 valence electrons. The molecule has 0 bridgehead atoms. The van der Waals surface area contributed by atoms with Gasteiger partial charge in [0.2, 0.25) is 11.6 Å². The van der Waals surface area contributed by atoms with E-state index in [1.54, 1.807) is 18.5 Å². The van der Waals surface area contributed by atoms with Crippen LogP contribution in [0.5, 0.6) is 0 Å². The first-order chi connectivity index (χ1) is 10.1. The molecule has 0 radical (unpaired) electrons. The normalized spacial score (nSPS) is 13.2. The zero-order valence-corrected chi connectivity index (χ0v) is 12.0. The number of hydrogen-bond donors (Lipinski definition) is 2. The summed E-state index contributed by atoms with van der Waals surface area (Å²) in [6.45, 7) is 4.08. The van der Waals surface area contributed by atoms with Crippen LogP contribution in [0.2, 0.25) is 0 Å². The molecule has 2 N–H and O–H groups in total. The summed E-state index contributed by atoms with van der Waals surface area (Å²) in [5.41, 5.74) is 3.72. The standard InChI is InChI=1S/C14H17N5O2/c1-9-17-14(19(20)21)13(18(9)2)16-6-10-3-4-11-7-15-8-12(11)5-10/h3-5,15-16H,6-8H2,1-2H3. The first-order valence-corrected chi connectivity index (χ1v) is 6.79. The van der Waals surface area contributed by atoms with Gasteiger partial charge < -0.3 is 20.7 Å². The Balaban J connectivity index is 1.80. The highest BCUT2D eigenvalue weighted by Crippen LogP contribution is 2.25. The van der Waals surface area contributed by atoms with E-state index >= 15 is 0 Å². The van der Waals surface area contributed by atoms with Crippen LogP contribution in [0.3, 0.4) is 0 Å².